The third-order valence-corrected chi connectivity index (χ3v) is 2.97. The van der Waals surface area contributed by atoms with Crippen LogP contribution in [0.4, 0.5) is 0 Å². The summed E-state index contributed by atoms with van der Waals surface area (Å²) in [6, 6.07) is 9.15. The minimum Gasteiger partial charge on any atom is -0.312 e. The first-order valence-corrected chi connectivity index (χ1v) is 5.92. The highest BCUT2D eigenvalue weighted by Gasteiger charge is 2.01. The molecule has 0 N–H and O–H groups in total. The molecule has 2 aromatic rings. The van der Waals surface area contributed by atoms with Gasteiger partial charge in [0.25, 0.3) is 0 Å². The second kappa shape index (κ2) is 5.45. The van der Waals surface area contributed by atoms with Gasteiger partial charge in [0.15, 0.2) is 10.9 Å². The molecule has 1 aromatic carbocycles. The number of thioether (sulfide) groups is 1. The maximum Gasteiger partial charge on any atom is 0.194 e. The van der Waals surface area contributed by atoms with E-state index in [1.165, 1.54) is 17.8 Å². The van der Waals surface area contributed by atoms with Gasteiger partial charge in [0, 0.05) is 12.6 Å². The van der Waals surface area contributed by atoms with Crippen molar-refractivity contribution in [1.29, 1.82) is 0 Å². The third-order valence-electron chi connectivity index (χ3n) is 2.12. The molecule has 0 saturated carbocycles. The summed E-state index contributed by atoms with van der Waals surface area (Å²) in [7, 11) is 1.86. The van der Waals surface area contributed by atoms with Crippen LogP contribution in [0.3, 0.4) is 0 Å². The fourth-order valence-electron chi connectivity index (χ4n) is 1.23. The van der Waals surface area contributed by atoms with Crippen LogP contribution in [-0.2, 0) is 7.05 Å². The topological polar surface area (TPSA) is 47.8 Å². The van der Waals surface area contributed by atoms with Crippen LogP contribution in [0.1, 0.15) is 10.4 Å². The number of hydrogen-bond donors (Lipinski definition) is 0. The van der Waals surface area contributed by atoms with Crippen LogP contribution in [0.25, 0.3) is 0 Å². The highest BCUT2D eigenvalue weighted by atomic mass is 32.2. The lowest BCUT2D eigenvalue weighted by molar-refractivity contribution is 0.104. The van der Waals surface area contributed by atoms with Gasteiger partial charge < -0.3 is 4.57 Å². The molecule has 0 fully saturated rings. The van der Waals surface area contributed by atoms with Gasteiger partial charge in [-0.3, -0.25) is 4.79 Å². The van der Waals surface area contributed by atoms with Gasteiger partial charge >= 0.3 is 0 Å². The minimum atomic E-state index is -0.0136. The molecule has 1 heterocycles. The van der Waals surface area contributed by atoms with E-state index in [0.717, 1.165) is 5.16 Å². The van der Waals surface area contributed by atoms with Crippen LogP contribution in [0.15, 0.2) is 53.3 Å². The summed E-state index contributed by atoms with van der Waals surface area (Å²) in [6.07, 6.45) is 3.16. The Morgan fingerprint density at radius 1 is 1.35 bits per heavy atom. The fourth-order valence-corrected chi connectivity index (χ4v) is 1.86. The van der Waals surface area contributed by atoms with Gasteiger partial charge in [0.05, 0.1) is 0 Å². The predicted molar refractivity (Wildman–Crippen MR) is 66.8 cm³/mol. The number of ketones is 1. The first kappa shape index (κ1) is 11.6. The highest BCUT2D eigenvalue weighted by molar-refractivity contribution is 8.02. The van der Waals surface area contributed by atoms with Crippen molar-refractivity contribution in [2.45, 2.75) is 5.16 Å². The van der Waals surface area contributed by atoms with Crippen molar-refractivity contribution in [1.82, 2.24) is 14.8 Å². The van der Waals surface area contributed by atoms with E-state index in [2.05, 4.69) is 10.2 Å². The number of allylic oxidation sites excluding steroid dienone is 1. The molecule has 5 heteroatoms. The zero-order valence-corrected chi connectivity index (χ0v) is 10.1. The monoisotopic (exact) mass is 245 g/mol. The number of carbonyl (C=O) groups excluding carboxylic acids is 1. The van der Waals surface area contributed by atoms with Crippen molar-refractivity contribution in [2.75, 3.05) is 0 Å². The quantitative estimate of drug-likeness (QED) is 0.471. The largest absolute Gasteiger partial charge is 0.312 e. The van der Waals surface area contributed by atoms with E-state index in [1.807, 2.05) is 25.2 Å². The first-order valence-electron chi connectivity index (χ1n) is 5.04. The minimum absolute atomic E-state index is 0.0136. The lowest BCUT2D eigenvalue weighted by Gasteiger charge is -1.95. The second-order valence-electron chi connectivity index (χ2n) is 3.38. The molecular weight excluding hydrogens is 234 g/mol. The summed E-state index contributed by atoms with van der Waals surface area (Å²) in [5.41, 5.74) is 0.683. The molecular formula is C12H11N3OS. The normalized spacial score (nSPS) is 10.9. The number of carbonyl (C=O) groups is 1. The molecule has 0 aliphatic heterocycles. The summed E-state index contributed by atoms with van der Waals surface area (Å²) < 4.78 is 1.79. The van der Waals surface area contributed by atoms with Crippen LogP contribution in [0.2, 0.25) is 0 Å². The molecule has 2 rings (SSSR count). The predicted octanol–water partition coefficient (Wildman–Crippen LogP) is 2.30. The Kier molecular flexibility index (Phi) is 3.72. The van der Waals surface area contributed by atoms with E-state index < -0.39 is 0 Å². The Morgan fingerprint density at radius 2 is 2.12 bits per heavy atom. The highest BCUT2D eigenvalue weighted by Crippen LogP contribution is 2.15. The van der Waals surface area contributed by atoms with Crippen LogP contribution in [0, 0.1) is 0 Å². The van der Waals surface area contributed by atoms with Gasteiger partial charge in [-0.05, 0) is 11.5 Å². The molecule has 0 amide bonds. The van der Waals surface area contributed by atoms with Crippen molar-refractivity contribution in [2.24, 2.45) is 7.05 Å². The van der Waals surface area contributed by atoms with Crippen LogP contribution in [-0.4, -0.2) is 20.5 Å². The fraction of sp³-hybridized carbons (Fsp3) is 0.0833. The van der Waals surface area contributed by atoms with Crippen LogP contribution >= 0.6 is 11.8 Å². The average molecular weight is 245 g/mol. The number of benzene rings is 1. The number of aryl methyl sites for hydroxylation is 1. The Morgan fingerprint density at radius 3 is 2.76 bits per heavy atom. The molecule has 0 bridgehead atoms. The van der Waals surface area contributed by atoms with Crippen LogP contribution in [0.5, 0.6) is 0 Å². The Labute approximate surface area is 103 Å². The van der Waals surface area contributed by atoms with Crippen molar-refractivity contribution in [3.63, 3.8) is 0 Å². The van der Waals surface area contributed by atoms with Gasteiger partial charge in [0.2, 0.25) is 0 Å². The third kappa shape index (κ3) is 3.04. The van der Waals surface area contributed by atoms with Crippen molar-refractivity contribution in [3.05, 3.63) is 53.7 Å². The molecule has 0 aliphatic carbocycles. The van der Waals surface area contributed by atoms with E-state index >= 15 is 0 Å². The molecule has 17 heavy (non-hydrogen) atoms. The van der Waals surface area contributed by atoms with Gasteiger partial charge in [-0.1, -0.05) is 42.1 Å². The van der Waals surface area contributed by atoms with E-state index in [-0.39, 0.29) is 5.78 Å². The Hall–Kier alpha value is -1.88. The first-order chi connectivity index (χ1) is 8.27. The molecule has 4 nitrogen and oxygen atoms in total. The Balaban J connectivity index is 1.98. The molecule has 0 spiro atoms. The standard InChI is InChI=1S/C12H11N3OS/c1-15-9-13-14-12(15)17-8-7-11(16)10-5-3-2-4-6-10/h2-9H,1H3/b8-7-. The second-order valence-corrected chi connectivity index (χ2v) is 4.25. The zero-order chi connectivity index (χ0) is 12.1. The smallest absolute Gasteiger partial charge is 0.194 e. The molecule has 0 radical (unpaired) electrons. The van der Waals surface area contributed by atoms with E-state index in [1.54, 1.807) is 28.4 Å². The van der Waals surface area contributed by atoms with Gasteiger partial charge in [-0.2, -0.15) is 0 Å². The molecule has 1 aromatic heterocycles. The van der Waals surface area contributed by atoms with Crippen molar-refractivity contribution < 1.29 is 4.79 Å². The summed E-state index contributed by atoms with van der Waals surface area (Å²) in [4.78, 5) is 11.7. The van der Waals surface area contributed by atoms with Gasteiger partial charge in [-0.25, -0.2) is 0 Å². The average Bonchev–Trinajstić information content (AvgIpc) is 2.76. The van der Waals surface area contributed by atoms with E-state index in [9.17, 15) is 4.79 Å². The molecule has 86 valence electrons. The number of nitrogens with zero attached hydrogens (tertiary/aromatic N) is 3. The molecule has 0 aliphatic rings. The lowest BCUT2D eigenvalue weighted by atomic mass is 10.1. The number of hydrogen-bond acceptors (Lipinski definition) is 4. The van der Waals surface area contributed by atoms with Gasteiger partial charge in [-0.15, -0.1) is 10.2 Å². The lowest BCUT2D eigenvalue weighted by Crippen LogP contribution is -1.92. The summed E-state index contributed by atoms with van der Waals surface area (Å²) >= 11 is 1.36. The SMILES string of the molecule is Cn1cnnc1S/C=C\C(=O)c1ccccc1. The maximum atomic E-state index is 11.7. The zero-order valence-electron chi connectivity index (χ0n) is 9.28. The van der Waals surface area contributed by atoms with Crippen LogP contribution < -0.4 is 0 Å². The summed E-state index contributed by atoms with van der Waals surface area (Å²) in [5.74, 6) is -0.0136. The Bertz CT molecular complexity index is 534. The molecule has 0 atom stereocenters. The van der Waals surface area contributed by atoms with E-state index in [4.69, 9.17) is 0 Å². The summed E-state index contributed by atoms with van der Waals surface area (Å²) in [6.45, 7) is 0. The molecule has 0 unspecified atom stereocenters. The summed E-state index contributed by atoms with van der Waals surface area (Å²) in [5, 5.41) is 10.1. The number of rotatable bonds is 4. The maximum absolute atomic E-state index is 11.7. The van der Waals surface area contributed by atoms with E-state index in [0.29, 0.717) is 5.56 Å². The molecule has 0 saturated heterocycles. The van der Waals surface area contributed by atoms with Gasteiger partial charge in [0.1, 0.15) is 6.33 Å². The van der Waals surface area contributed by atoms with Crippen molar-refractivity contribution in [3.8, 4) is 0 Å². The number of aromatic nitrogens is 3. The van der Waals surface area contributed by atoms with Crippen molar-refractivity contribution >= 4 is 17.5 Å².